The van der Waals surface area contributed by atoms with Gasteiger partial charge in [-0.25, -0.2) is 9.50 Å². The van der Waals surface area contributed by atoms with Crippen LogP contribution >= 0.6 is 0 Å². The van der Waals surface area contributed by atoms with Crippen molar-refractivity contribution in [2.75, 3.05) is 13.1 Å². The molecule has 1 aliphatic heterocycles. The number of aromatic amines is 1. The van der Waals surface area contributed by atoms with Crippen molar-refractivity contribution in [3.05, 3.63) is 83.1 Å². The molecule has 0 amide bonds. The molecule has 33 heavy (non-hydrogen) atoms. The van der Waals surface area contributed by atoms with Crippen molar-refractivity contribution in [2.24, 2.45) is 5.73 Å². The molecule has 7 nitrogen and oxygen atoms in total. The van der Waals surface area contributed by atoms with Gasteiger partial charge in [0.25, 0.3) is 0 Å². The van der Waals surface area contributed by atoms with E-state index >= 15 is 0 Å². The molecule has 1 aliphatic rings. The molecular formula is C26H33N7. The molecule has 0 aliphatic carbocycles. The number of aryl methyl sites for hydroxylation is 1. The third kappa shape index (κ3) is 3.96. The number of rotatable bonds is 6. The van der Waals surface area contributed by atoms with Crippen molar-refractivity contribution in [2.45, 2.75) is 57.5 Å². The predicted molar refractivity (Wildman–Crippen MR) is 130 cm³/mol. The Balaban J connectivity index is 1.51. The summed E-state index contributed by atoms with van der Waals surface area (Å²) in [6, 6.07) is 11.5. The SMILES string of the molecule is CCc1nn2cccnc2c1C(C)(C)c1ccc(C(c2cn[nH]c2)N2CCC(N)CC2)cc1. The maximum Gasteiger partial charge on any atom is 0.159 e. The van der Waals surface area contributed by atoms with Crippen LogP contribution in [0.4, 0.5) is 0 Å². The van der Waals surface area contributed by atoms with E-state index in [9.17, 15) is 0 Å². The van der Waals surface area contributed by atoms with Gasteiger partial charge in [0.1, 0.15) is 0 Å². The molecule has 1 saturated heterocycles. The Kier molecular flexibility index (Phi) is 5.76. The summed E-state index contributed by atoms with van der Waals surface area (Å²) in [5, 5.41) is 12.0. The monoisotopic (exact) mass is 443 g/mol. The third-order valence-electron chi connectivity index (χ3n) is 7.15. The number of hydrogen-bond donors (Lipinski definition) is 2. The summed E-state index contributed by atoms with van der Waals surface area (Å²) in [5.74, 6) is 0. The van der Waals surface area contributed by atoms with Crippen LogP contribution in [0.25, 0.3) is 5.65 Å². The topological polar surface area (TPSA) is 88.1 Å². The van der Waals surface area contributed by atoms with Crippen LogP contribution in [0.2, 0.25) is 0 Å². The van der Waals surface area contributed by atoms with E-state index in [4.69, 9.17) is 10.8 Å². The fourth-order valence-corrected chi connectivity index (χ4v) is 5.25. The highest BCUT2D eigenvalue weighted by atomic mass is 15.3. The first-order valence-corrected chi connectivity index (χ1v) is 11.9. The number of nitrogens with one attached hydrogen (secondary N) is 1. The van der Waals surface area contributed by atoms with E-state index in [1.165, 1.54) is 22.3 Å². The van der Waals surface area contributed by atoms with E-state index < -0.39 is 0 Å². The van der Waals surface area contributed by atoms with E-state index in [0.717, 1.165) is 43.7 Å². The van der Waals surface area contributed by atoms with Crippen LogP contribution in [0.1, 0.15) is 67.6 Å². The van der Waals surface area contributed by atoms with Gasteiger partial charge < -0.3 is 5.73 Å². The number of nitrogens with zero attached hydrogens (tertiary/aromatic N) is 5. The molecule has 7 heteroatoms. The average Bonchev–Trinajstić information content (AvgIpc) is 3.49. The van der Waals surface area contributed by atoms with Gasteiger partial charge in [0, 0.05) is 54.3 Å². The lowest BCUT2D eigenvalue weighted by Gasteiger charge is -2.36. The molecule has 3 N–H and O–H groups in total. The molecule has 1 unspecified atom stereocenters. The Morgan fingerprint density at radius 2 is 1.91 bits per heavy atom. The number of H-pyrrole nitrogens is 1. The van der Waals surface area contributed by atoms with E-state index in [-0.39, 0.29) is 11.5 Å². The molecule has 0 saturated carbocycles. The number of fused-ring (bicyclic) bond motifs is 1. The Bertz CT molecular complexity index is 1200. The van der Waals surface area contributed by atoms with Gasteiger partial charge in [0.05, 0.1) is 17.9 Å². The van der Waals surface area contributed by atoms with Gasteiger partial charge in [0.15, 0.2) is 5.65 Å². The van der Waals surface area contributed by atoms with E-state index in [1.54, 1.807) is 0 Å². The zero-order chi connectivity index (χ0) is 23.0. The van der Waals surface area contributed by atoms with Crippen LogP contribution in [0, 0.1) is 0 Å². The smallest absolute Gasteiger partial charge is 0.159 e. The normalized spacial score (nSPS) is 17.0. The summed E-state index contributed by atoms with van der Waals surface area (Å²) >= 11 is 0. The van der Waals surface area contributed by atoms with E-state index in [2.05, 4.69) is 65.1 Å². The zero-order valence-corrected chi connectivity index (χ0v) is 19.7. The first-order valence-electron chi connectivity index (χ1n) is 11.9. The van der Waals surface area contributed by atoms with E-state index in [1.807, 2.05) is 35.4 Å². The lowest BCUT2D eigenvalue weighted by Crippen LogP contribution is -2.41. The Morgan fingerprint density at radius 3 is 2.58 bits per heavy atom. The number of likely N-dealkylation sites (tertiary alicyclic amines) is 1. The van der Waals surface area contributed by atoms with Crippen molar-refractivity contribution in [3.8, 4) is 0 Å². The molecule has 0 radical (unpaired) electrons. The van der Waals surface area contributed by atoms with Crippen LogP contribution in [0.3, 0.4) is 0 Å². The molecule has 172 valence electrons. The van der Waals surface area contributed by atoms with Crippen LogP contribution in [0.5, 0.6) is 0 Å². The van der Waals surface area contributed by atoms with Gasteiger partial charge in [-0.05, 0) is 36.5 Å². The highest BCUT2D eigenvalue weighted by Crippen LogP contribution is 2.38. The summed E-state index contributed by atoms with van der Waals surface area (Å²) in [6.07, 6.45) is 10.7. The summed E-state index contributed by atoms with van der Waals surface area (Å²) in [4.78, 5) is 7.19. The van der Waals surface area contributed by atoms with Gasteiger partial charge in [0.2, 0.25) is 0 Å². The largest absolute Gasteiger partial charge is 0.328 e. The maximum atomic E-state index is 6.17. The third-order valence-corrected chi connectivity index (χ3v) is 7.15. The molecule has 4 heterocycles. The second kappa shape index (κ2) is 8.72. The molecule has 1 fully saturated rings. The minimum absolute atomic E-state index is 0.179. The minimum atomic E-state index is -0.219. The molecule has 0 spiro atoms. The second-order valence-electron chi connectivity index (χ2n) is 9.62. The number of piperidine rings is 1. The Hall–Kier alpha value is -3.03. The average molecular weight is 444 g/mol. The second-order valence-corrected chi connectivity index (χ2v) is 9.62. The summed E-state index contributed by atoms with van der Waals surface area (Å²) in [6.45, 7) is 8.69. The van der Waals surface area contributed by atoms with Gasteiger partial charge in [-0.3, -0.25) is 10.00 Å². The summed E-state index contributed by atoms with van der Waals surface area (Å²) < 4.78 is 1.90. The zero-order valence-electron chi connectivity index (χ0n) is 19.7. The first-order chi connectivity index (χ1) is 16.0. The number of aromatic nitrogens is 5. The minimum Gasteiger partial charge on any atom is -0.328 e. The number of hydrogen-bond acceptors (Lipinski definition) is 5. The molecular weight excluding hydrogens is 410 g/mol. The summed E-state index contributed by atoms with van der Waals surface area (Å²) in [7, 11) is 0. The van der Waals surface area contributed by atoms with Gasteiger partial charge in [-0.15, -0.1) is 0 Å². The van der Waals surface area contributed by atoms with Crippen LogP contribution in [-0.4, -0.2) is 48.8 Å². The highest BCUT2D eigenvalue weighted by molar-refractivity contribution is 5.58. The fraction of sp³-hybridized carbons (Fsp3) is 0.423. The van der Waals surface area contributed by atoms with Crippen molar-refractivity contribution in [1.29, 1.82) is 0 Å². The van der Waals surface area contributed by atoms with Crippen molar-refractivity contribution in [3.63, 3.8) is 0 Å². The van der Waals surface area contributed by atoms with Crippen LogP contribution in [0.15, 0.2) is 55.1 Å². The Morgan fingerprint density at radius 1 is 1.15 bits per heavy atom. The van der Waals surface area contributed by atoms with Gasteiger partial charge in [-0.1, -0.05) is 45.0 Å². The molecule has 5 rings (SSSR count). The van der Waals surface area contributed by atoms with Crippen molar-refractivity contribution >= 4 is 5.65 Å². The number of nitrogens with two attached hydrogens (primary N) is 1. The van der Waals surface area contributed by atoms with Crippen molar-refractivity contribution in [1.82, 2.24) is 29.7 Å². The highest BCUT2D eigenvalue weighted by Gasteiger charge is 2.32. The van der Waals surface area contributed by atoms with Crippen LogP contribution in [-0.2, 0) is 11.8 Å². The molecule has 0 bridgehead atoms. The summed E-state index contributed by atoms with van der Waals surface area (Å²) in [5.41, 5.74) is 12.9. The van der Waals surface area contributed by atoms with Crippen LogP contribution < -0.4 is 5.73 Å². The molecule has 4 aromatic rings. The standard InChI is InChI=1S/C26H33N7/c1-4-22-23(25-28-12-5-13-33(25)31-22)26(2,3)20-8-6-18(7-9-20)24(19-16-29-30-17-19)32-14-10-21(27)11-15-32/h5-9,12-13,16-17,21,24H,4,10-11,14-15,27H2,1-3H3,(H,29,30). The van der Waals surface area contributed by atoms with E-state index in [0.29, 0.717) is 6.04 Å². The van der Waals surface area contributed by atoms with Gasteiger partial charge >= 0.3 is 0 Å². The fourth-order valence-electron chi connectivity index (χ4n) is 5.25. The first kappa shape index (κ1) is 21.8. The lowest BCUT2D eigenvalue weighted by atomic mass is 9.77. The number of benzene rings is 1. The van der Waals surface area contributed by atoms with Crippen molar-refractivity contribution < 1.29 is 0 Å². The lowest BCUT2D eigenvalue weighted by molar-refractivity contribution is 0.175. The maximum absolute atomic E-state index is 6.17. The Labute approximate surface area is 195 Å². The predicted octanol–water partition coefficient (Wildman–Crippen LogP) is 3.85. The van der Waals surface area contributed by atoms with Gasteiger partial charge in [-0.2, -0.15) is 10.2 Å². The molecule has 1 atom stereocenters. The quantitative estimate of drug-likeness (QED) is 0.473. The molecule has 1 aromatic carbocycles. The molecule has 3 aromatic heterocycles.